The molecule has 0 aromatic carbocycles. The standard InChI is InChI=1S/C24H29ClN8O3/c1-13(2)33-18(7-8-26-33)23(35)29-21(20(14-3-4-14)15-5-6-15)24(36)28-17-10-27-32(12-17)11-16-9-19(25)30-31-22(16)34/h7-10,12-15,20-21H,3-6,11H2,1-2H3,(H,28,36)(H,29,35)(H,31,34). The summed E-state index contributed by atoms with van der Waals surface area (Å²) in [5.74, 6) is 0.394. The summed E-state index contributed by atoms with van der Waals surface area (Å²) in [7, 11) is 0. The van der Waals surface area contributed by atoms with Gasteiger partial charge in [0.2, 0.25) is 5.91 Å². The highest BCUT2D eigenvalue weighted by Gasteiger charge is 2.48. The third-order valence-electron chi connectivity index (χ3n) is 6.76. The third kappa shape index (κ3) is 5.35. The Kier molecular flexibility index (Phi) is 6.65. The smallest absolute Gasteiger partial charge is 0.270 e. The molecule has 2 aliphatic rings. The van der Waals surface area contributed by atoms with Gasteiger partial charge in [-0.3, -0.25) is 23.7 Å². The Morgan fingerprint density at radius 1 is 1.19 bits per heavy atom. The van der Waals surface area contributed by atoms with Gasteiger partial charge < -0.3 is 10.6 Å². The molecule has 0 radical (unpaired) electrons. The van der Waals surface area contributed by atoms with Crippen molar-refractivity contribution in [1.29, 1.82) is 0 Å². The average Bonchev–Trinajstić information content (AvgIpc) is 3.76. The molecule has 12 heteroatoms. The van der Waals surface area contributed by atoms with Crippen LogP contribution in [0.2, 0.25) is 5.15 Å². The van der Waals surface area contributed by atoms with Crippen LogP contribution in [-0.2, 0) is 11.3 Å². The molecule has 1 atom stereocenters. The molecule has 3 aromatic rings. The van der Waals surface area contributed by atoms with Crippen molar-refractivity contribution >= 4 is 29.1 Å². The van der Waals surface area contributed by atoms with E-state index in [1.54, 1.807) is 23.1 Å². The zero-order valence-corrected chi connectivity index (χ0v) is 20.9. The summed E-state index contributed by atoms with van der Waals surface area (Å²) in [6, 6.07) is 2.50. The molecule has 3 aromatic heterocycles. The number of carbonyl (C=O) groups is 2. The first kappa shape index (κ1) is 24.2. The van der Waals surface area contributed by atoms with Crippen molar-refractivity contribution in [3.63, 3.8) is 0 Å². The maximum atomic E-state index is 13.5. The molecule has 2 amide bonds. The van der Waals surface area contributed by atoms with Crippen molar-refractivity contribution < 1.29 is 9.59 Å². The maximum Gasteiger partial charge on any atom is 0.270 e. The fourth-order valence-electron chi connectivity index (χ4n) is 4.79. The molecule has 0 aliphatic heterocycles. The van der Waals surface area contributed by atoms with Crippen molar-refractivity contribution in [1.82, 2.24) is 35.1 Å². The van der Waals surface area contributed by atoms with Gasteiger partial charge in [-0.2, -0.15) is 15.3 Å². The Morgan fingerprint density at radius 2 is 1.92 bits per heavy atom. The van der Waals surface area contributed by atoms with Crippen LogP contribution in [0.1, 0.15) is 61.6 Å². The van der Waals surface area contributed by atoms with E-state index in [1.165, 1.54) is 16.9 Å². The Balaban J connectivity index is 1.33. The fourth-order valence-corrected chi connectivity index (χ4v) is 4.97. The molecule has 2 aliphatic carbocycles. The van der Waals surface area contributed by atoms with Crippen LogP contribution in [0.5, 0.6) is 0 Å². The Bertz CT molecular complexity index is 1310. The van der Waals surface area contributed by atoms with Gasteiger partial charge in [-0.15, -0.1) is 0 Å². The predicted octanol–water partition coefficient (Wildman–Crippen LogP) is 2.62. The summed E-state index contributed by atoms with van der Waals surface area (Å²) < 4.78 is 3.19. The highest BCUT2D eigenvalue weighted by molar-refractivity contribution is 6.29. The Hall–Kier alpha value is -3.47. The molecule has 3 N–H and O–H groups in total. The molecule has 0 bridgehead atoms. The van der Waals surface area contributed by atoms with E-state index in [0.717, 1.165) is 25.7 Å². The summed E-state index contributed by atoms with van der Waals surface area (Å²) in [4.78, 5) is 38.8. The van der Waals surface area contributed by atoms with Crippen LogP contribution < -0.4 is 16.2 Å². The minimum atomic E-state index is -0.668. The van der Waals surface area contributed by atoms with E-state index in [4.69, 9.17) is 11.6 Å². The van der Waals surface area contributed by atoms with E-state index in [1.807, 2.05) is 13.8 Å². The van der Waals surface area contributed by atoms with E-state index in [2.05, 4.69) is 31.0 Å². The summed E-state index contributed by atoms with van der Waals surface area (Å²) >= 11 is 5.88. The first-order valence-corrected chi connectivity index (χ1v) is 12.6. The van der Waals surface area contributed by atoms with Gasteiger partial charge in [0.15, 0.2) is 0 Å². The van der Waals surface area contributed by atoms with E-state index in [-0.39, 0.29) is 41.0 Å². The van der Waals surface area contributed by atoms with Crippen LogP contribution in [0.15, 0.2) is 35.5 Å². The van der Waals surface area contributed by atoms with Gasteiger partial charge in [-0.05, 0) is 69.4 Å². The molecule has 3 heterocycles. The molecule has 0 spiro atoms. The van der Waals surface area contributed by atoms with Crippen molar-refractivity contribution in [3.8, 4) is 0 Å². The van der Waals surface area contributed by atoms with Crippen molar-refractivity contribution in [2.75, 3.05) is 5.32 Å². The number of hydrogen-bond acceptors (Lipinski definition) is 6. The molecule has 1 unspecified atom stereocenters. The quantitative estimate of drug-likeness (QED) is 0.381. The third-order valence-corrected chi connectivity index (χ3v) is 6.95. The highest BCUT2D eigenvalue weighted by atomic mass is 35.5. The van der Waals surface area contributed by atoms with Gasteiger partial charge in [-0.25, -0.2) is 5.10 Å². The number of rotatable bonds is 10. The van der Waals surface area contributed by atoms with Gasteiger partial charge in [0, 0.05) is 24.0 Å². The summed E-state index contributed by atoms with van der Waals surface area (Å²) in [5.41, 5.74) is 0.946. The monoisotopic (exact) mass is 512 g/mol. The second kappa shape index (κ2) is 9.88. The number of aromatic nitrogens is 6. The second-order valence-corrected chi connectivity index (χ2v) is 10.3. The number of nitrogens with zero attached hydrogens (tertiary/aromatic N) is 5. The van der Waals surface area contributed by atoms with Gasteiger partial charge in [-0.1, -0.05) is 11.6 Å². The minimum Gasteiger partial charge on any atom is -0.339 e. The molecule has 190 valence electrons. The number of hydrogen-bond donors (Lipinski definition) is 3. The number of anilines is 1. The van der Waals surface area contributed by atoms with E-state index in [0.29, 0.717) is 28.8 Å². The lowest BCUT2D eigenvalue weighted by atomic mass is 9.88. The summed E-state index contributed by atoms with van der Waals surface area (Å²) in [6.07, 6.45) is 9.06. The highest BCUT2D eigenvalue weighted by Crippen LogP contribution is 2.50. The first-order chi connectivity index (χ1) is 17.3. The van der Waals surface area contributed by atoms with Crippen LogP contribution in [0.25, 0.3) is 0 Å². The molecular formula is C24H29ClN8O3. The number of H-pyrrole nitrogens is 1. The molecule has 36 heavy (non-hydrogen) atoms. The number of nitrogens with one attached hydrogen (secondary N) is 3. The van der Waals surface area contributed by atoms with E-state index < -0.39 is 6.04 Å². The number of aromatic amines is 1. The molecular weight excluding hydrogens is 484 g/mol. The number of halogens is 1. The van der Waals surface area contributed by atoms with Crippen LogP contribution in [0, 0.1) is 17.8 Å². The van der Waals surface area contributed by atoms with Gasteiger partial charge in [0.05, 0.1) is 18.4 Å². The lowest BCUT2D eigenvalue weighted by Crippen LogP contribution is -2.50. The molecule has 0 saturated heterocycles. The molecule has 2 fully saturated rings. The van der Waals surface area contributed by atoms with E-state index in [9.17, 15) is 14.4 Å². The van der Waals surface area contributed by atoms with Crippen LogP contribution in [-0.4, -0.2) is 47.6 Å². The molecule has 2 saturated carbocycles. The SMILES string of the molecule is CC(C)n1nccc1C(=O)NC(C(=O)Nc1cnn(Cc2cc(Cl)n[nH]c2=O)c1)C(C1CC1)C1CC1. The molecule has 5 rings (SSSR count). The summed E-state index contributed by atoms with van der Waals surface area (Å²) in [5, 5.41) is 20.6. The van der Waals surface area contributed by atoms with Gasteiger partial charge in [0.1, 0.15) is 16.9 Å². The van der Waals surface area contributed by atoms with Crippen molar-refractivity contribution in [2.24, 2.45) is 17.8 Å². The minimum absolute atomic E-state index is 0.0176. The maximum absolute atomic E-state index is 13.5. The van der Waals surface area contributed by atoms with E-state index >= 15 is 0 Å². The van der Waals surface area contributed by atoms with Crippen molar-refractivity contribution in [3.05, 3.63) is 57.5 Å². The molecule has 11 nitrogen and oxygen atoms in total. The van der Waals surface area contributed by atoms with Crippen LogP contribution in [0.4, 0.5) is 5.69 Å². The average molecular weight is 513 g/mol. The lowest BCUT2D eigenvalue weighted by Gasteiger charge is -2.27. The zero-order chi connectivity index (χ0) is 25.4. The van der Waals surface area contributed by atoms with Gasteiger partial charge in [0.25, 0.3) is 11.5 Å². The topological polar surface area (TPSA) is 140 Å². The van der Waals surface area contributed by atoms with Crippen molar-refractivity contribution in [2.45, 2.75) is 58.2 Å². The predicted molar refractivity (Wildman–Crippen MR) is 133 cm³/mol. The number of amides is 2. The number of carbonyl (C=O) groups excluding carboxylic acids is 2. The normalized spacial score (nSPS) is 16.4. The second-order valence-electron chi connectivity index (χ2n) is 9.92. The Morgan fingerprint density at radius 3 is 2.58 bits per heavy atom. The largest absolute Gasteiger partial charge is 0.339 e. The Labute approximate surface area is 212 Å². The fraction of sp³-hybridized carbons (Fsp3) is 0.500. The van der Waals surface area contributed by atoms with Crippen LogP contribution >= 0.6 is 11.6 Å². The van der Waals surface area contributed by atoms with Crippen LogP contribution in [0.3, 0.4) is 0 Å². The lowest BCUT2D eigenvalue weighted by molar-refractivity contribution is -0.119. The summed E-state index contributed by atoms with van der Waals surface area (Å²) in [6.45, 7) is 4.08. The first-order valence-electron chi connectivity index (χ1n) is 12.2. The van der Waals surface area contributed by atoms with Gasteiger partial charge >= 0.3 is 0 Å². The zero-order valence-electron chi connectivity index (χ0n) is 20.1.